The fourth-order valence-electron chi connectivity index (χ4n) is 2.69. The van der Waals surface area contributed by atoms with Gasteiger partial charge < -0.3 is 35.0 Å². The minimum absolute atomic E-state index is 0.112. The lowest BCUT2D eigenvalue weighted by molar-refractivity contribution is -0.192. The van der Waals surface area contributed by atoms with Crippen LogP contribution in [0.2, 0.25) is 0 Å². The molecule has 2 unspecified atom stereocenters. The zero-order valence-electron chi connectivity index (χ0n) is 16.3. The highest BCUT2D eigenvalue weighted by molar-refractivity contribution is 5.93. The molecule has 0 saturated carbocycles. The Labute approximate surface area is 176 Å². The molecule has 10 nitrogen and oxygen atoms in total. The summed E-state index contributed by atoms with van der Waals surface area (Å²) >= 11 is 0. The standard InChI is InChI=1S/C21H20O10/c1-30-16-8-4-12(10-15(16)23)5-9-17(24)31-18(19(25)26)21(29,20(27)28)11-13-2-6-14(22)7-3-13/h2-10,18,22-23,29H,11H2,1H3,(H,25,26)(H,27,28)/b9-5+. The second-order valence-corrected chi connectivity index (χ2v) is 6.49. The van der Waals surface area contributed by atoms with E-state index in [1.165, 1.54) is 55.7 Å². The van der Waals surface area contributed by atoms with Crippen molar-refractivity contribution in [1.82, 2.24) is 0 Å². The molecule has 0 bridgehead atoms. The van der Waals surface area contributed by atoms with E-state index in [-0.39, 0.29) is 22.8 Å². The Morgan fingerprint density at radius 2 is 1.71 bits per heavy atom. The van der Waals surface area contributed by atoms with Crippen LogP contribution in [-0.2, 0) is 25.5 Å². The first-order valence-corrected chi connectivity index (χ1v) is 8.79. The molecule has 0 saturated heterocycles. The molecule has 31 heavy (non-hydrogen) atoms. The molecule has 2 aromatic carbocycles. The van der Waals surface area contributed by atoms with Gasteiger partial charge in [-0.3, -0.25) is 0 Å². The lowest BCUT2D eigenvalue weighted by atomic mass is 9.88. The van der Waals surface area contributed by atoms with E-state index in [1.54, 1.807) is 0 Å². The molecule has 2 aromatic rings. The van der Waals surface area contributed by atoms with Gasteiger partial charge in [-0.2, -0.15) is 0 Å². The van der Waals surface area contributed by atoms with Gasteiger partial charge in [-0.05, 0) is 41.5 Å². The largest absolute Gasteiger partial charge is 0.508 e. The van der Waals surface area contributed by atoms with Crippen LogP contribution in [0.1, 0.15) is 11.1 Å². The SMILES string of the molecule is COc1ccc(/C=C/C(=O)OC(C(=O)O)C(O)(Cc2ccc(O)cc2)C(=O)O)cc1O. The number of aliphatic carboxylic acids is 2. The van der Waals surface area contributed by atoms with Crippen LogP contribution in [-0.4, -0.2) is 62.3 Å². The number of rotatable bonds is 9. The first-order chi connectivity index (χ1) is 14.6. The summed E-state index contributed by atoms with van der Waals surface area (Å²) in [5.41, 5.74) is -2.45. The lowest BCUT2D eigenvalue weighted by Gasteiger charge is -2.29. The van der Waals surface area contributed by atoms with Crippen LogP contribution in [0.25, 0.3) is 6.08 Å². The quantitative estimate of drug-likeness (QED) is 0.286. The van der Waals surface area contributed by atoms with Crippen molar-refractivity contribution in [2.45, 2.75) is 18.1 Å². The molecule has 0 radical (unpaired) electrons. The first-order valence-electron chi connectivity index (χ1n) is 8.79. The third-order valence-corrected chi connectivity index (χ3v) is 4.29. The fraction of sp³-hybridized carbons (Fsp3) is 0.190. The van der Waals surface area contributed by atoms with E-state index in [2.05, 4.69) is 0 Å². The smallest absolute Gasteiger partial charge is 0.348 e. The van der Waals surface area contributed by atoms with E-state index in [9.17, 15) is 39.9 Å². The van der Waals surface area contributed by atoms with Gasteiger partial charge in [-0.15, -0.1) is 0 Å². The van der Waals surface area contributed by atoms with Gasteiger partial charge in [0.05, 0.1) is 7.11 Å². The zero-order valence-corrected chi connectivity index (χ0v) is 16.3. The topological polar surface area (TPSA) is 171 Å². The number of benzene rings is 2. The van der Waals surface area contributed by atoms with Gasteiger partial charge >= 0.3 is 17.9 Å². The number of esters is 1. The predicted molar refractivity (Wildman–Crippen MR) is 106 cm³/mol. The lowest BCUT2D eigenvalue weighted by Crippen LogP contribution is -2.56. The van der Waals surface area contributed by atoms with E-state index in [0.717, 1.165) is 6.08 Å². The van der Waals surface area contributed by atoms with E-state index in [0.29, 0.717) is 5.56 Å². The van der Waals surface area contributed by atoms with Crippen molar-refractivity contribution in [2.24, 2.45) is 0 Å². The number of carboxylic acid groups (broad SMARTS) is 2. The Kier molecular flexibility index (Phi) is 7.22. The molecule has 0 heterocycles. The van der Waals surface area contributed by atoms with Crippen molar-refractivity contribution in [3.8, 4) is 17.2 Å². The molecule has 164 valence electrons. The second kappa shape index (κ2) is 9.63. The van der Waals surface area contributed by atoms with Crippen molar-refractivity contribution in [1.29, 1.82) is 0 Å². The molecule has 10 heteroatoms. The minimum atomic E-state index is -2.98. The summed E-state index contributed by atoms with van der Waals surface area (Å²) in [6.07, 6.45) is -1.12. The number of aliphatic hydroxyl groups is 1. The van der Waals surface area contributed by atoms with Gasteiger partial charge in [-0.25, -0.2) is 14.4 Å². The van der Waals surface area contributed by atoms with Crippen LogP contribution in [0.4, 0.5) is 0 Å². The molecular formula is C21H20O10. The van der Waals surface area contributed by atoms with E-state index < -0.39 is 36.0 Å². The predicted octanol–water partition coefficient (Wildman–Crippen LogP) is 1.17. The van der Waals surface area contributed by atoms with E-state index in [4.69, 9.17) is 9.47 Å². The van der Waals surface area contributed by atoms with Crippen molar-refractivity contribution in [3.63, 3.8) is 0 Å². The zero-order chi connectivity index (χ0) is 23.2. The highest BCUT2D eigenvalue weighted by Gasteiger charge is 2.51. The Morgan fingerprint density at radius 3 is 2.23 bits per heavy atom. The van der Waals surface area contributed by atoms with Crippen LogP contribution in [0.3, 0.4) is 0 Å². The van der Waals surface area contributed by atoms with Crippen molar-refractivity contribution in [2.75, 3.05) is 7.11 Å². The van der Waals surface area contributed by atoms with Crippen molar-refractivity contribution < 1.29 is 49.4 Å². The van der Waals surface area contributed by atoms with Crippen molar-refractivity contribution >= 4 is 24.0 Å². The Bertz CT molecular complexity index is 996. The molecule has 0 aliphatic rings. The minimum Gasteiger partial charge on any atom is -0.508 e. The summed E-state index contributed by atoms with van der Waals surface area (Å²) in [5, 5.41) is 48.5. The maximum absolute atomic E-state index is 12.1. The van der Waals surface area contributed by atoms with Crippen LogP contribution in [0.15, 0.2) is 48.5 Å². The summed E-state index contributed by atoms with van der Waals surface area (Å²) in [5.74, 6) is -5.12. The molecular weight excluding hydrogens is 412 g/mol. The number of carbonyl (C=O) groups is 3. The Hall–Kier alpha value is -4.05. The molecule has 2 atom stereocenters. The Balaban J connectivity index is 2.23. The summed E-state index contributed by atoms with van der Waals surface area (Å²) in [7, 11) is 1.36. The summed E-state index contributed by atoms with van der Waals surface area (Å²) in [4.78, 5) is 35.4. The average Bonchev–Trinajstić information content (AvgIpc) is 2.71. The fourth-order valence-corrected chi connectivity index (χ4v) is 2.69. The third-order valence-electron chi connectivity index (χ3n) is 4.29. The van der Waals surface area contributed by atoms with Crippen LogP contribution in [0, 0.1) is 0 Å². The maximum Gasteiger partial charge on any atom is 0.348 e. The normalized spacial score (nSPS) is 13.9. The highest BCUT2D eigenvalue weighted by Crippen LogP contribution is 2.27. The molecule has 2 rings (SSSR count). The number of methoxy groups -OCH3 is 1. The van der Waals surface area contributed by atoms with Gasteiger partial charge in [0.15, 0.2) is 11.5 Å². The number of carboxylic acids is 2. The van der Waals surface area contributed by atoms with Crippen molar-refractivity contribution in [3.05, 3.63) is 59.7 Å². The number of phenols is 2. The van der Waals surface area contributed by atoms with Gasteiger partial charge in [0, 0.05) is 12.5 Å². The van der Waals surface area contributed by atoms with Crippen LogP contribution < -0.4 is 4.74 Å². The summed E-state index contributed by atoms with van der Waals surface area (Å²) in [6, 6.07) is 9.24. The van der Waals surface area contributed by atoms with E-state index >= 15 is 0 Å². The van der Waals surface area contributed by atoms with Gasteiger partial charge in [0.1, 0.15) is 5.75 Å². The van der Waals surface area contributed by atoms with Gasteiger partial charge in [0.2, 0.25) is 11.7 Å². The number of aromatic hydroxyl groups is 2. The number of phenolic OH excluding ortho intramolecular Hbond substituents is 2. The van der Waals surface area contributed by atoms with Gasteiger partial charge in [0.25, 0.3) is 0 Å². The number of hydrogen-bond donors (Lipinski definition) is 5. The van der Waals surface area contributed by atoms with Crippen LogP contribution >= 0.6 is 0 Å². The van der Waals surface area contributed by atoms with Crippen LogP contribution in [0.5, 0.6) is 17.2 Å². The first kappa shape index (κ1) is 23.2. The average molecular weight is 432 g/mol. The summed E-state index contributed by atoms with van der Waals surface area (Å²) in [6.45, 7) is 0. The highest BCUT2D eigenvalue weighted by atomic mass is 16.6. The molecule has 0 fully saturated rings. The number of ether oxygens (including phenoxy) is 2. The molecule has 0 aromatic heterocycles. The van der Waals surface area contributed by atoms with Gasteiger partial charge in [-0.1, -0.05) is 18.2 Å². The monoisotopic (exact) mass is 432 g/mol. The summed E-state index contributed by atoms with van der Waals surface area (Å²) < 4.78 is 9.63. The second-order valence-electron chi connectivity index (χ2n) is 6.49. The molecule has 0 aliphatic carbocycles. The van der Waals surface area contributed by atoms with E-state index in [1.807, 2.05) is 0 Å². The molecule has 0 amide bonds. The number of hydrogen-bond acceptors (Lipinski definition) is 8. The molecule has 0 aliphatic heterocycles. The maximum atomic E-state index is 12.1. The molecule has 5 N–H and O–H groups in total. The Morgan fingerprint density at radius 1 is 1.06 bits per heavy atom. The molecule has 0 spiro atoms. The number of carbonyl (C=O) groups excluding carboxylic acids is 1. The third kappa shape index (κ3) is 5.73.